The summed E-state index contributed by atoms with van der Waals surface area (Å²) < 4.78 is 63.6. The molecule has 0 aromatic heterocycles. The average molecular weight is 287 g/mol. The van der Waals surface area contributed by atoms with Crippen LogP contribution in [0.2, 0.25) is 0 Å². The van der Waals surface area contributed by atoms with Crippen molar-refractivity contribution in [3.63, 3.8) is 0 Å². The number of hydrogen-bond acceptors (Lipinski definition) is 1. The van der Waals surface area contributed by atoms with E-state index in [4.69, 9.17) is 0 Å². The van der Waals surface area contributed by atoms with Crippen LogP contribution in [-0.2, 0) is 12.7 Å². The van der Waals surface area contributed by atoms with Crippen molar-refractivity contribution in [2.24, 2.45) is 0 Å². The van der Waals surface area contributed by atoms with Gasteiger partial charge in [0.15, 0.2) is 0 Å². The molecular formula is C14H10F5N. The number of halogens is 5. The van der Waals surface area contributed by atoms with Crippen molar-refractivity contribution in [2.75, 3.05) is 5.32 Å². The second kappa shape index (κ2) is 5.48. The van der Waals surface area contributed by atoms with Gasteiger partial charge >= 0.3 is 6.18 Å². The van der Waals surface area contributed by atoms with Crippen LogP contribution in [0.4, 0.5) is 27.6 Å². The summed E-state index contributed by atoms with van der Waals surface area (Å²) in [6.07, 6.45) is -4.42. The molecule has 20 heavy (non-hydrogen) atoms. The van der Waals surface area contributed by atoms with Crippen molar-refractivity contribution < 1.29 is 22.0 Å². The second-order valence-corrected chi connectivity index (χ2v) is 4.18. The molecule has 0 aliphatic rings. The summed E-state index contributed by atoms with van der Waals surface area (Å²) in [7, 11) is 0. The molecule has 2 aromatic rings. The summed E-state index contributed by atoms with van der Waals surface area (Å²) in [5.74, 6) is -1.51. The van der Waals surface area contributed by atoms with Gasteiger partial charge in [0.1, 0.15) is 11.6 Å². The Labute approximate surface area is 112 Å². The molecule has 0 fully saturated rings. The van der Waals surface area contributed by atoms with Gasteiger partial charge in [-0.25, -0.2) is 8.78 Å². The van der Waals surface area contributed by atoms with Gasteiger partial charge in [0.2, 0.25) is 0 Å². The molecular weight excluding hydrogens is 277 g/mol. The zero-order valence-electron chi connectivity index (χ0n) is 10.1. The van der Waals surface area contributed by atoms with E-state index in [1.807, 2.05) is 0 Å². The van der Waals surface area contributed by atoms with Gasteiger partial charge in [-0.2, -0.15) is 13.2 Å². The number of rotatable bonds is 3. The van der Waals surface area contributed by atoms with Crippen molar-refractivity contribution in [3.05, 3.63) is 65.2 Å². The second-order valence-electron chi connectivity index (χ2n) is 4.18. The molecule has 0 amide bonds. The third kappa shape index (κ3) is 3.46. The molecule has 0 saturated carbocycles. The third-order valence-corrected chi connectivity index (χ3v) is 2.67. The molecule has 106 valence electrons. The first-order valence-electron chi connectivity index (χ1n) is 5.71. The van der Waals surface area contributed by atoms with E-state index in [-0.39, 0.29) is 12.2 Å². The van der Waals surface area contributed by atoms with E-state index >= 15 is 0 Å². The van der Waals surface area contributed by atoms with Gasteiger partial charge in [-0.3, -0.25) is 0 Å². The van der Waals surface area contributed by atoms with E-state index in [0.717, 1.165) is 18.2 Å². The standard InChI is InChI=1S/C14H10F5N/c15-11-4-5-13(12(16)7-11)20-8-9-2-1-3-10(6-9)14(17,18)19/h1-7,20H,8H2. The maximum Gasteiger partial charge on any atom is 0.416 e. The number of anilines is 1. The van der Waals surface area contributed by atoms with E-state index in [1.165, 1.54) is 18.2 Å². The molecule has 1 N–H and O–H groups in total. The Morgan fingerprint density at radius 1 is 0.950 bits per heavy atom. The Balaban J connectivity index is 2.11. The lowest BCUT2D eigenvalue weighted by Crippen LogP contribution is -2.07. The average Bonchev–Trinajstić information content (AvgIpc) is 2.37. The first-order valence-corrected chi connectivity index (χ1v) is 5.71. The number of nitrogens with one attached hydrogen (secondary N) is 1. The third-order valence-electron chi connectivity index (χ3n) is 2.67. The number of hydrogen-bond donors (Lipinski definition) is 1. The lowest BCUT2D eigenvalue weighted by atomic mass is 10.1. The van der Waals surface area contributed by atoms with E-state index in [9.17, 15) is 22.0 Å². The Bertz CT molecular complexity index is 607. The lowest BCUT2D eigenvalue weighted by molar-refractivity contribution is -0.137. The molecule has 0 spiro atoms. The molecule has 2 aromatic carbocycles. The van der Waals surface area contributed by atoms with Crippen LogP contribution >= 0.6 is 0 Å². The van der Waals surface area contributed by atoms with Crippen LogP contribution in [0.1, 0.15) is 11.1 Å². The fourth-order valence-electron chi connectivity index (χ4n) is 1.69. The minimum absolute atomic E-state index is 0.00642. The van der Waals surface area contributed by atoms with Crippen LogP contribution in [0.3, 0.4) is 0 Å². The van der Waals surface area contributed by atoms with Crippen molar-refractivity contribution >= 4 is 5.69 Å². The highest BCUT2D eigenvalue weighted by molar-refractivity contribution is 5.45. The van der Waals surface area contributed by atoms with Gasteiger partial charge in [0.25, 0.3) is 0 Å². The van der Waals surface area contributed by atoms with Gasteiger partial charge in [0, 0.05) is 12.6 Å². The highest BCUT2D eigenvalue weighted by Gasteiger charge is 2.30. The minimum Gasteiger partial charge on any atom is -0.379 e. The highest BCUT2D eigenvalue weighted by Crippen LogP contribution is 2.29. The van der Waals surface area contributed by atoms with Crippen molar-refractivity contribution in [2.45, 2.75) is 12.7 Å². The predicted octanol–water partition coefficient (Wildman–Crippen LogP) is 4.60. The van der Waals surface area contributed by atoms with Crippen LogP contribution < -0.4 is 5.32 Å². The van der Waals surface area contributed by atoms with Crippen LogP contribution in [0, 0.1) is 11.6 Å². The van der Waals surface area contributed by atoms with Crippen LogP contribution in [0.25, 0.3) is 0 Å². The zero-order chi connectivity index (χ0) is 14.8. The van der Waals surface area contributed by atoms with E-state index < -0.39 is 23.4 Å². The SMILES string of the molecule is Fc1ccc(NCc2cccc(C(F)(F)F)c2)c(F)c1. The van der Waals surface area contributed by atoms with Crippen molar-refractivity contribution in [1.29, 1.82) is 0 Å². The normalized spacial score (nSPS) is 11.4. The molecule has 6 heteroatoms. The van der Waals surface area contributed by atoms with Gasteiger partial charge in [-0.1, -0.05) is 12.1 Å². The van der Waals surface area contributed by atoms with Gasteiger partial charge in [-0.15, -0.1) is 0 Å². The maximum absolute atomic E-state index is 13.3. The Morgan fingerprint density at radius 3 is 2.35 bits per heavy atom. The molecule has 2 rings (SSSR count). The first kappa shape index (κ1) is 14.3. The molecule has 0 aliphatic carbocycles. The molecule has 0 atom stereocenters. The molecule has 0 bridgehead atoms. The summed E-state index contributed by atoms with van der Waals surface area (Å²) >= 11 is 0. The first-order chi connectivity index (χ1) is 9.36. The van der Waals surface area contributed by atoms with E-state index in [1.54, 1.807) is 0 Å². The summed E-state index contributed by atoms with van der Waals surface area (Å²) in [6, 6.07) is 7.67. The topological polar surface area (TPSA) is 12.0 Å². The largest absolute Gasteiger partial charge is 0.416 e. The molecule has 0 aliphatic heterocycles. The fraction of sp³-hybridized carbons (Fsp3) is 0.143. The summed E-state index contributed by atoms with van der Waals surface area (Å²) in [6.45, 7) is 0.00642. The van der Waals surface area contributed by atoms with Gasteiger partial charge in [0.05, 0.1) is 11.3 Å². The van der Waals surface area contributed by atoms with Crippen LogP contribution in [-0.4, -0.2) is 0 Å². The highest BCUT2D eigenvalue weighted by atomic mass is 19.4. The van der Waals surface area contributed by atoms with E-state index in [2.05, 4.69) is 5.32 Å². The molecule has 0 heterocycles. The smallest absolute Gasteiger partial charge is 0.379 e. The Kier molecular flexibility index (Phi) is 3.92. The lowest BCUT2D eigenvalue weighted by Gasteiger charge is -2.10. The summed E-state index contributed by atoms with van der Waals surface area (Å²) in [4.78, 5) is 0. The summed E-state index contributed by atoms with van der Waals surface area (Å²) in [5.41, 5.74) is -0.385. The van der Waals surface area contributed by atoms with Gasteiger partial charge in [-0.05, 0) is 29.8 Å². The van der Waals surface area contributed by atoms with Crippen molar-refractivity contribution in [1.82, 2.24) is 0 Å². The predicted molar refractivity (Wildman–Crippen MR) is 65.1 cm³/mol. The molecule has 0 unspecified atom stereocenters. The number of alkyl halides is 3. The Hall–Kier alpha value is -2.11. The minimum atomic E-state index is -4.42. The molecule has 1 nitrogen and oxygen atoms in total. The van der Waals surface area contributed by atoms with E-state index in [0.29, 0.717) is 11.6 Å². The van der Waals surface area contributed by atoms with Crippen LogP contribution in [0.5, 0.6) is 0 Å². The van der Waals surface area contributed by atoms with Crippen LogP contribution in [0.15, 0.2) is 42.5 Å². The van der Waals surface area contributed by atoms with Crippen molar-refractivity contribution in [3.8, 4) is 0 Å². The summed E-state index contributed by atoms with van der Waals surface area (Å²) in [5, 5.41) is 2.63. The molecule has 0 radical (unpaired) electrons. The molecule has 0 saturated heterocycles. The fourth-order valence-corrected chi connectivity index (χ4v) is 1.69. The number of benzene rings is 2. The zero-order valence-corrected chi connectivity index (χ0v) is 10.1. The Morgan fingerprint density at radius 2 is 1.70 bits per heavy atom. The van der Waals surface area contributed by atoms with Gasteiger partial charge < -0.3 is 5.32 Å². The quantitative estimate of drug-likeness (QED) is 0.814. The maximum atomic E-state index is 13.3. The monoisotopic (exact) mass is 287 g/mol.